The minimum atomic E-state index is -2.96. The highest BCUT2D eigenvalue weighted by Gasteiger charge is 2.32. The molecule has 0 heterocycles. The zero-order valence-electron chi connectivity index (χ0n) is 14.1. The molecule has 4 rings (SSSR count). The van der Waals surface area contributed by atoms with Gasteiger partial charge in [0.1, 0.15) is 0 Å². The van der Waals surface area contributed by atoms with Crippen LogP contribution >= 0.6 is 7.14 Å². The van der Waals surface area contributed by atoms with Gasteiger partial charge >= 0.3 is 0 Å². The van der Waals surface area contributed by atoms with Crippen molar-refractivity contribution in [1.82, 2.24) is 0 Å². The van der Waals surface area contributed by atoms with E-state index in [9.17, 15) is 4.57 Å². The van der Waals surface area contributed by atoms with E-state index in [2.05, 4.69) is 31.2 Å². The summed E-state index contributed by atoms with van der Waals surface area (Å²) in [5.41, 5.74) is 1.06. The molecule has 4 aromatic carbocycles. The van der Waals surface area contributed by atoms with Crippen molar-refractivity contribution in [2.45, 2.75) is 6.92 Å². The average Bonchev–Trinajstić information content (AvgIpc) is 2.69. The standard InChI is InChI=1S/C23H19OP/c1-18-16-17-19-10-8-9-15-22(19)23(18)25(24,20-11-4-2-5-12-20)21-13-6-3-7-14-21/h2-17H,1H3. The highest BCUT2D eigenvalue weighted by atomic mass is 31.2. The van der Waals surface area contributed by atoms with Crippen LogP contribution in [0.2, 0.25) is 0 Å². The Labute approximate surface area is 148 Å². The third kappa shape index (κ3) is 2.62. The molecule has 1 nitrogen and oxygen atoms in total. The number of hydrogen-bond donors (Lipinski definition) is 0. The summed E-state index contributed by atoms with van der Waals surface area (Å²) >= 11 is 0. The Hall–Kier alpha value is -2.63. The minimum absolute atomic E-state index is 0.876. The van der Waals surface area contributed by atoms with Gasteiger partial charge in [-0.15, -0.1) is 0 Å². The van der Waals surface area contributed by atoms with Crippen molar-refractivity contribution in [1.29, 1.82) is 0 Å². The maximum Gasteiger partial charge on any atom is 0.171 e. The van der Waals surface area contributed by atoms with E-state index in [1.54, 1.807) is 0 Å². The lowest BCUT2D eigenvalue weighted by atomic mass is 10.1. The lowest BCUT2D eigenvalue weighted by molar-refractivity contribution is 0.592. The molecule has 0 radical (unpaired) electrons. The third-order valence-electron chi connectivity index (χ3n) is 4.66. The highest BCUT2D eigenvalue weighted by molar-refractivity contribution is 7.85. The second-order valence-corrected chi connectivity index (χ2v) is 8.93. The third-order valence-corrected chi connectivity index (χ3v) is 7.93. The lowest BCUT2D eigenvalue weighted by Gasteiger charge is -2.23. The number of hydrogen-bond acceptors (Lipinski definition) is 1. The molecular formula is C23H19OP. The molecule has 0 N–H and O–H groups in total. The van der Waals surface area contributed by atoms with Crippen LogP contribution in [0.1, 0.15) is 5.56 Å². The number of rotatable bonds is 3. The molecule has 0 aromatic heterocycles. The van der Waals surface area contributed by atoms with Crippen molar-refractivity contribution in [2.75, 3.05) is 0 Å². The molecule has 0 aliphatic heterocycles. The Morgan fingerprint density at radius 2 is 1.12 bits per heavy atom. The van der Waals surface area contributed by atoms with Crippen LogP contribution in [0.5, 0.6) is 0 Å². The zero-order valence-corrected chi connectivity index (χ0v) is 15.0. The van der Waals surface area contributed by atoms with Crippen LogP contribution in [0, 0.1) is 6.92 Å². The second kappa shape index (κ2) is 6.35. The number of aryl methyl sites for hydroxylation is 1. The van der Waals surface area contributed by atoms with Gasteiger partial charge in [-0.25, -0.2) is 0 Å². The Bertz CT molecular complexity index is 1030. The van der Waals surface area contributed by atoms with Crippen LogP contribution in [0.4, 0.5) is 0 Å². The predicted octanol–water partition coefficient (Wildman–Crippen LogP) is 4.79. The summed E-state index contributed by atoms with van der Waals surface area (Å²) in [6, 6.07) is 32.1. The summed E-state index contributed by atoms with van der Waals surface area (Å²) in [5.74, 6) is 0. The van der Waals surface area contributed by atoms with Gasteiger partial charge in [-0.05, 0) is 23.3 Å². The van der Waals surface area contributed by atoms with Gasteiger partial charge < -0.3 is 4.57 Å². The average molecular weight is 342 g/mol. The normalized spacial score (nSPS) is 11.6. The molecule has 0 saturated heterocycles. The molecule has 4 aromatic rings. The Balaban J connectivity index is 2.14. The topological polar surface area (TPSA) is 17.1 Å². The molecule has 25 heavy (non-hydrogen) atoms. The van der Waals surface area contributed by atoms with E-state index in [1.807, 2.05) is 72.8 Å². The fraction of sp³-hybridized carbons (Fsp3) is 0.0435. The molecule has 0 atom stereocenters. The van der Waals surface area contributed by atoms with Gasteiger partial charge in [0.25, 0.3) is 0 Å². The van der Waals surface area contributed by atoms with Crippen LogP contribution in [-0.4, -0.2) is 0 Å². The van der Waals surface area contributed by atoms with Crippen molar-refractivity contribution in [3.8, 4) is 0 Å². The SMILES string of the molecule is Cc1ccc2ccccc2c1P(=O)(c1ccccc1)c1ccccc1. The van der Waals surface area contributed by atoms with Gasteiger partial charge in [-0.1, -0.05) is 97.1 Å². The van der Waals surface area contributed by atoms with Gasteiger partial charge in [0.2, 0.25) is 0 Å². The highest BCUT2D eigenvalue weighted by Crippen LogP contribution is 2.45. The summed E-state index contributed by atoms with van der Waals surface area (Å²) in [6.45, 7) is 2.06. The van der Waals surface area contributed by atoms with Gasteiger partial charge in [0, 0.05) is 15.9 Å². The van der Waals surface area contributed by atoms with Crippen LogP contribution in [0.25, 0.3) is 10.8 Å². The Kier molecular flexibility index (Phi) is 4.03. The summed E-state index contributed by atoms with van der Waals surface area (Å²) in [4.78, 5) is 0. The number of benzene rings is 4. The van der Waals surface area contributed by atoms with E-state index < -0.39 is 7.14 Å². The van der Waals surface area contributed by atoms with Crippen molar-refractivity contribution in [3.05, 3.63) is 103 Å². The Morgan fingerprint density at radius 3 is 1.72 bits per heavy atom. The maximum absolute atomic E-state index is 14.7. The Morgan fingerprint density at radius 1 is 0.600 bits per heavy atom. The maximum atomic E-state index is 14.7. The van der Waals surface area contributed by atoms with E-state index in [0.29, 0.717) is 0 Å². The smallest absolute Gasteiger partial charge is 0.171 e. The molecule has 122 valence electrons. The number of fused-ring (bicyclic) bond motifs is 1. The zero-order chi connectivity index (χ0) is 17.3. The molecule has 0 bridgehead atoms. The molecule has 0 unspecified atom stereocenters. The molecule has 0 saturated carbocycles. The first kappa shape index (κ1) is 15.9. The minimum Gasteiger partial charge on any atom is -0.309 e. The van der Waals surface area contributed by atoms with Crippen molar-refractivity contribution < 1.29 is 4.57 Å². The molecule has 0 fully saturated rings. The summed E-state index contributed by atoms with van der Waals surface area (Å²) < 4.78 is 14.7. The van der Waals surface area contributed by atoms with Crippen LogP contribution in [0.3, 0.4) is 0 Å². The first-order chi connectivity index (χ1) is 12.2. The summed E-state index contributed by atoms with van der Waals surface area (Å²) in [5, 5.41) is 4.89. The van der Waals surface area contributed by atoms with Crippen molar-refractivity contribution >= 4 is 33.8 Å². The van der Waals surface area contributed by atoms with E-state index in [4.69, 9.17) is 0 Å². The predicted molar refractivity (Wildman–Crippen MR) is 108 cm³/mol. The van der Waals surface area contributed by atoms with Crippen molar-refractivity contribution in [3.63, 3.8) is 0 Å². The van der Waals surface area contributed by atoms with E-state index in [1.165, 1.54) is 0 Å². The molecule has 0 amide bonds. The van der Waals surface area contributed by atoms with Crippen LogP contribution in [0.15, 0.2) is 97.1 Å². The summed E-state index contributed by atoms with van der Waals surface area (Å²) in [7, 11) is -2.96. The summed E-state index contributed by atoms with van der Waals surface area (Å²) in [6.07, 6.45) is 0. The lowest BCUT2D eigenvalue weighted by Crippen LogP contribution is -2.27. The molecule has 2 heteroatoms. The monoisotopic (exact) mass is 342 g/mol. The van der Waals surface area contributed by atoms with E-state index >= 15 is 0 Å². The first-order valence-corrected chi connectivity index (χ1v) is 10.1. The fourth-order valence-corrected chi connectivity index (χ4v) is 6.58. The largest absolute Gasteiger partial charge is 0.309 e. The molecular weight excluding hydrogens is 323 g/mol. The van der Waals surface area contributed by atoms with Gasteiger partial charge in [-0.2, -0.15) is 0 Å². The van der Waals surface area contributed by atoms with E-state index in [0.717, 1.165) is 32.2 Å². The second-order valence-electron chi connectivity index (χ2n) is 6.23. The van der Waals surface area contributed by atoms with Crippen LogP contribution < -0.4 is 15.9 Å². The molecule has 0 spiro atoms. The molecule has 0 aliphatic rings. The van der Waals surface area contributed by atoms with Crippen LogP contribution in [-0.2, 0) is 4.57 Å². The molecule has 0 aliphatic carbocycles. The first-order valence-electron chi connectivity index (χ1n) is 8.41. The van der Waals surface area contributed by atoms with Gasteiger partial charge in [0.05, 0.1) is 0 Å². The fourth-order valence-electron chi connectivity index (χ4n) is 3.47. The van der Waals surface area contributed by atoms with Crippen molar-refractivity contribution in [2.24, 2.45) is 0 Å². The van der Waals surface area contributed by atoms with Gasteiger partial charge in [0.15, 0.2) is 7.14 Å². The quantitative estimate of drug-likeness (QED) is 0.489. The van der Waals surface area contributed by atoms with Gasteiger partial charge in [-0.3, -0.25) is 0 Å². The van der Waals surface area contributed by atoms with E-state index in [-0.39, 0.29) is 0 Å².